The summed E-state index contributed by atoms with van der Waals surface area (Å²) in [6.07, 6.45) is 0. The van der Waals surface area contributed by atoms with Crippen molar-refractivity contribution in [2.24, 2.45) is 0 Å². The van der Waals surface area contributed by atoms with Gasteiger partial charge in [0.1, 0.15) is 0 Å². The Morgan fingerprint density at radius 2 is 1.50 bits per heavy atom. The lowest BCUT2D eigenvalue weighted by atomic mass is 10.1. The molecule has 0 amide bonds. The first-order valence-corrected chi connectivity index (χ1v) is 5.54. The van der Waals surface area contributed by atoms with Gasteiger partial charge < -0.3 is 5.32 Å². The summed E-state index contributed by atoms with van der Waals surface area (Å²) < 4.78 is 38.9. The van der Waals surface area contributed by atoms with E-state index in [-0.39, 0.29) is 11.7 Å². The van der Waals surface area contributed by atoms with Gasteiger partial charge in [-0.15, -0.1) is 0 Å². The Morgan fingerprint density at radius 3 is 2.06 bits per heavy atom. The average Bonchev–Trinajstić information content (AvgIpc) is 2.37. The molecule has 0 saturated carbocycles. The van der Waals surface area contributed by atoms with E-state index in [0.29, 0.717) is 0 Å². The van der Waals surface area contributed by atoms with Gasteiger partial charge >= 0.3 is 0 Å². The smallest absolute Gasteiger partial charge is 0.194 e. The van der Waals surface area contributed by atoms with Gasteiger partial charge in [0.15, 0.2) is 17.5 Å². The summed E-state index contributed by atoms with van der Waals surface area (Å²) in [4.78, 5) is 0. The molecule has 0 aliphatic rings. The molecule has 0 radical (unpaired) electrons. The summed E-state index contributed by atoms with van der Waals surface area (Å²) >= 11 is 0. The zero-order chi connectivity index (χ0) is 13.1. The number of benzene rings is 2. The molecule has 0 aromatic heterocycles. The molecular weight excluding hydrogens is 239 g/mol. The number of hydrogen-bond donors (Lipinski definition) is 1. The summed E-state index contributed by atoms with van der Waals surface area (Å²) in [6, 6.07) is 11.2. The van der Waals surface area contributed by atoms with Gasteiger partial charge in [0.2, 0.25) is 0 Å². The highest BCUT2D eigenvalue weighted by Gasteiger charge is 2.12. The van der Waals surface area contributed by atoms with Gasteiger partial charge in [0.25, 0.3) is 0 Å². The van der Waals surface area contributed by atoms with Crippen molar-refractivity contribution in [3.8, 4) is 0 Å². The molecule has 1 unspecified atom stereocenters. The minimum atomic E-state index is -1.45. The van der Waals surface area contributed by atoms with Gasteiger partial charge in [0.05, 0.1) is 0 Å². The van der Waals surface area contributed by atoms with Crippen molar-refractivity contribution in [1.29, 1.82) is 0 Å². The molecule has 2 aromatic rings. The molecule has 0 aliphatic carbocycles. The Labute approximate surface area is 103 Å². The van der Waals surface area contributed by atoms with Crippen LogP contribution in [0.3, 0.4) is 0 Å². The van der Waals surface area contributed by atoms with Crippen LogP contribution in [0.15, 0.2) is 42.5 Å². The van der Waals surface area contributed by atoms with Crippen molar-refractivity contribution < 1.29 is 13.2 Å². The number of hydrogen-bond acceptors (Lipinski definition) is 1. The van der Waals surface area contributed by atoms with Gasteiger partial charge in [-0.05, 0) is 12.5 Å². The molecule has 18 heavy (non-hydrogen) atoms. The first-order chi connectivity index (χ1) is 8.58. The van der Waals surface area contributed by atoms with Crippen molar-refractivity contribution in [1.82, 2.24) is 0 Å². The van der Waals surface area contributed by atoms with E-state index in [2.05, 4.69) is 5.32 Å². The molecule has 4 heteroatoms. The maximum atomic E-state index is 13.0. The van der Waals surface area contributed by atoms with E-state index in [4.69, 9.17) is 0 Å². The van der Waals surface area contributed by atoms with Crippen LogP contribution >= 0.6 is 0 Å². The second-order valence-corrected chi connectivity index (χ2v) is 4.03. The Kier molecular flexibility index (Phi) is 3.55. The SMILES string of the molecule is CC(Nc1cc(F)c(F)c(F)c1)c1ccccc1. The highest BCUT2D eigenvalue weighted by atomic mass is 19.2. The molecule has 1 atom stereocenters. The predicted octanol–water partition coefficient (Wildman–Crippen LogP) is 4.28. The summed E-state index contributed by atoms with van der Waals surface area (Å²) in [5.74, 6) is -3.84. The average molecular weight is 251 g/mol. The van der Waals surface area contributed by atoms with E-state index in [9.17, 15) is 13.2 Å². The van der Waals surface area contributed by atoms with Crippen LogP contribution in [-0.4, -0.2) is 0 Å². The van der Waals surface area contributed by atoms with E-state index in [0.717, 1.165) is 17.7 Å². The van der Waals surface area contributed by atoms with E-state index < -0.39 is 17.5 Å². The van der Waals surface area contributed by atoms with Crippen molar-refractivity contribution in [2.45, 2.75) is 13.0 Å². The van der Waals surface area contributed by atoms with Crippen LogP contribution in [0.4, 0.5) is 18.9 Å². The normalized spacial score (nSPS) is 12.2. The molecular formula is C14H12F3N. The lowest BCUT2D eigenvalue weighted by Crippen LogP contribution is -2.07. The lowest BCUT2D eigenvalue weighted by Gasteiger charge is -2.16. The van der Waals surface area contributed by atoms with E-state index >= 15 is 0 Å². The number of rotatable bonds is 3. The first-order valence-electron chi connectivity index (χ1n) is 5.54. The van der Waals surface area contributed by atoms with Crippen LogP contribution in [0.2, 0.25) is 0 Å². The monoisotopic (exact) mass is 251 g/mol. The van der Waals surface area contributed by atoms with Crippen LogP contribution in [0, 0.1) is 17.5 Å². The Morgan fingerprint density at radius 1 is 0.944 bits per heavy atom. The second kappa shape index (κ2) is 5.12. The Hall–Kier alpha value is -1.97. The zero-order valence-electron chi connectivity index (χ0n) is 9.75. The summed E-state index contributed by atoms with van der Waals surface area (Å²) in [7, 11) is 0. The Bertz CT molecular complexity index is 517. The molecule has 94 valence electrons. The van der Waals surface area contributed by atoms with E-state index in [1.54, 1.807) is 0 Å². The minimum absolute atomic E-state index is 0.129. The second-order valence-electron chi connectivity index (χ2n) is 4.03. The van der Waals surface area contributed by atoms with Gasteiger partial charge in [-0.3, -0.25) is 0 Å². The summed E-state index contributed by atoms with van der Waals surface area (Å²) in [5, 5.41) is 2.92. The topological polar surface area (TPSA) is 12.0 Å². The molecule has 1 nitrogen and oxygen atoms in total. The van der Waals surface area contributed by atoms with Gasteiger partial charge in [-0.1, -0.05) is 30.3 Å². The zero-order valence-corrected chi connectivity index (χ0v) is 9.75. The fourth-order valence-corrected chi connectivity index (χ4v) is 1.71. The van der Waals surface area contributed by atoms with Crippen molar-refractivity contribution in [3.05, 3.63) is 65.5 Å². The fourth-order valence-electron chi connectivity index (χ4n) is 1.71. The van der Waals surface area contributed by atoms with Crippen molar-refractivity contribution in [3.63, 3.8) is 0 Å². The quantitative estimate of drug-likeness (QED) is 0.803. The molecule has 2 rings (SSSR count). The highest BCUT2D eigenvalue weighted by molar-refractivity contribution is 5.46. The molecule has 2 aromatic carbocycles. The third-order valence-electron chi connectivity index (χ3n) is 2.67. The lowest BCUT2D eigenvalue weighted by molar-refractivity contribution is 0.447. The number of anilines is 1. The van der Waals surface area contributed by atoms with Crippen LogP contribution in [0.25, 0.3) is 0 Å². The number of halogens is 3. The van der Waals surface area contributed by atoms with Crippen LogP contribution in [0.5, 0.6) is 0 Å². The number of nitrogens with one attached hydrogen (secondary N) is 1. The highest BCUT2D eigenvalue weighted by Crippen LogP contribution is 2.22. The molecule has 1 N–H and O–H groups in total. The van der Waals surface area contributed by atoms with Crippen LogP contribution in [0.1, 0.15) is 18.5 Å². The fraction of sp³-hybridized carbons (Fsp3) is 0.143. The maximum absolute atomic E-state index is 13.0. The van der Waals surface area contributed by atoms with Crippen molar-refractivity contribution >= 4 is 5.69 Å². The van der Waals surface area contributed by atoms with Crippen molar-refractivity contribution in [2.75, 3.05) is 5.32 Å². The molecule has 0 bridgehead atoms. The Balaban J connectivity index is 2.20. The van der Waals surface area contributed by atoms with Gasteiger partial charge in [0, 0.05) is 23.9 Å². The van der Waals surface area contributed by atoms with Gasteiger partial charge in [-0.2, -0.15) is 0 Å². The largest absolute Gasteiger partial charge is 0.378 e. The first kappa shape index (κ1) is 12.5. The third kappa shape index (κ3) is 2.64. The minimum Gasteiger partial charge on any atom is -0.378 e. The van der Waals surface area contributed by atoms with Crippen LogP contribution < -0.4 is 5.32 Å². The summed E-state index contributed by atoms with van der Waals surface area (Å²) in [6.45, 7) is 1.86. The van der Waals surface area contributed by atoms with E-state index in [1.165, 1.54) is 0 Å². The third-order valence-corrected chi connectivity index (χ3v) is 2.67. The molecule has 0 spiro atoms. The standard InChI is InChI=1S/C14H12F3N/c1-9(10-5-3-2-4-6-10)18-11-7-12(15)14(17)13(16)8-11/h2-9,18H,1H3. The van der Waals surface area contributed by atoms with E-state index in [1.807, 2.05) is 37.3 Å². The molecule has 0 fully saturated rings. The molecule has 0 aliphatic heterocycles. The maximum Gasteiger partial charge on any atom is 0.194 e. The van der Waals surface area contributed by atoms with Crippen LogP contribution in [-0.2, 0) is 0 Å². The summed E-state index contributed by atoms with van der Waals surface area (Å²) in [5.41, 5.74) is 1.19. The van der Waals surface area contributed by atoms with Gasteiger partial charge in [-0.25, -0.2) is 13.2 Å². The molecule has 0 saturated heterocycles. The molecule has 0 heterocycles. The predicted molar refractivity (Wildman–Crippen MR) is 64.8 cm³/mol.